The number of ether oxygens (including phenoxy) is 1. The molecule has 0 radical (unpaired) electrons. The van der Waals surface area contributed by atoms with E-state index in [4.69, 9.17) is 10.5 Å². The lowest BCUT2D eigenvalue weighted by atomic mass is 10.1. The van der Waals surface area contributed by atoms with E-state index in [-0.39, 0.29) is 10.9 Å². The van der Waals surface area contributed by atoms with Gasteiger partial charge in [-0.3, -0.25) is 0 Å². The third-order valence-electron chi connectivity index (χ3n) is 3.76. The smallest absolute Gasteiger partial charge is 0.243 e. The van der Waals surface area contributed by atoms with E-state index in [1.165, 1.54) is 0 Å². The molecule has 2 rings (SSSR count). The highest BCUT2D eigenvalue weighted by Crippen LogP contribution is 2.33. The number of sulfonamides is 1. The van der Waals surface area contributed by atoms with Crippen molar-refractivity contribution in [2.45, 2.75) is 37.6 Å². The van der Waals surface area contributed by atoms with Crippen LogP contribution in [0.2, 0.25) is 0 Å². The molecule has 0 unspecified atom stereocenters. The van der Waals surface area contributed by atoms with Gasteiger partial charge in [0.15, 0.2) is 0 Å². The summed E-state index contributed by atoms with van der Waals surface area (Å²) in [6, 6.07) is 3.36. The highest BCUT2D eigenvalue weighted by Gasteiger charge is 2.37. The monoisotopic (exact) mass is 298 g/mol. The second-order valence-electron chi connectivity index (χ2n) is 5.29. The number of hydrogen-bond acceptors (Lipinski definition) is 4. The van der Waals surface area contributed by atoms with Crippen LogP contribution in [0.4, 0.5) is 5.69 Å². The number of anilines is 1. The van der Waals surface area contributed by atoms with E-state index in [0.717, 1.165) is 24.0 Å². The summed E-state index contributed by atoms with van der Waals surface area (Å²) in [7, 11) is -1.92. The molecule has 20 heavy (non-hydrogen) atoms. The summed E-state index contributed by atoms with van der Waals surface area (Å²) in [5.74, 6) is 0. The molecule has 112 valence electrons. The van der Waals surface area contributed by atoms with E-state index >= 15 is 0 Å². The van der Waals surface area contributed by atoms with Crippen LogP contribution in [0.5, 0.6) is 0 Å². The zero-order valence-corrected chi connectivity index (χ0v) is 13.0. The van der Waals surface area contributed by atoms with Gasteiger partial charge in [0.2, 0.25) is 10.0 Å². The lowest BCUT2D eigenvalue weighted by Gasteiger charge is -2.22. The Labute approximate surface area is 120 Å². The summed E-state index contributed by atoms with van der Waals surface area (Å²) < 4.78 is 32.1. The maximum Gasteiger partial charge on any atom is 0.243 e. The Morgan fingerprint density at radius 2 is 2.00 bits per heavy atom. The molecular weight excluding hydrogens is 276 g/mol. The van der Waals surface area contributed by atoms with Gasteiger partial charge < -0.3 is 10.5 Å². The van der Waals surface area contributed by atoms with Gasteiger partial charge in [-0.25, -0.2) is 8.42 Å². The number of nitrogens with zero attached hydrogens (tertiary/aromatic N) is 1. The van der Waals surface area contributed by atoms with Crippen LogP contribution in [0.3, 0.4) is 0 Å². The molecule has 1 aromatic rings. The van der Waals surface area contributed by atoms with Crippen molar-refractivity contribution in [3.05, 3.63) is 23.3 Å². The van der Waals surface area contributed by atoms with Crippen LogP contribution in [-0.4, -0.2) is 39.0 Å². The second kappa shape index (κ2) is 5.71. The van der Waals surface area contributed by atoms with Gasteiger partial charge in [0.1, 0.15) is 0 Å². The third-order valence-corrected chi connectivity index (χ3v) is 5.69. The number of hydrogen-bond donors (Lipinski definition) is 1. The molecular formula is C14H22N2O3S. The molecule has 0 saturated heterocycles. The van der Waals surface area contributed by atoms with E-state index in [9.17, 15) is 8.42 Å². The van der Waals surface area contributed by atoms with Crippen molar-refractivity contribution in [1.82, 2.24) is 4.31 Å². The topological polar surface area (TPSA) is 72.6 Å². The van der Waals surface area contributed by atoms with Gasteiger partial charge in [-0.2, -0.15) is 4.31 Å². The Morgan fingerprint density at radius 3 is 2.50 bits per heavy atom. The van der Waals surface area contributed by atoms with Gasteiger partial charge >= 0.3 is 0 Å². The fraction of sp³-hybridized carbons (Fsp3) is 0.571. The maximum absolute atomic E-state index is 12.8. The number of methoxy groups -OCH3 is 1. The van der Waals surface area contributed by atoms with Gasteiger partial charge in [0.05, 0.1) is 11.5 Å². The zero-order chi connectivity index (χ0) is 14.9. The largest absolute Gasteiger partial charge is 0.398 e. The molecule has 2 N–H and O–H groups in total. The Bertz CT molecular complexity index is 571. The van der Waals surface area contributed by atoms with Gasteiger partial charge in [-0.05, 0) is 49.9 Å². The summed E-state index contributed by atoms with van der Waals surface area (Å²) in [6.45, 7) is 4.55. The van der Waals surface area contributed by atoms with Crippen molar-refractivity contribution in [2.24, 2.45) is 0 Å². The first-order chi connectivity index (χ1) is 9.37. The number of nitrogens with two attached hydrogens (primary N) is 1. The molecule has 0 amide bonds. The predicted octanol–water partition coefficient (Wildman–Crippen LogP) is 1.69. The van der Waals surface area contributed by atoms with E-state index in [0.29, 0.717) is 18.8 Å². The molecule has 5 nitrogen and oxygen atoms in total. The van der Waals surface area contributed by atoms with Crippen molar-refractivity contribution in [3.8, 4) is 0 Å². The summed E-state index contributed by atoms with van der Waals surface area (Å²) >= 11 is 0. The third kappa shape index (κ3) is 2.97. The summed E-state index contributed by atoms with van der Waals surface area (Å²) in [5, 5.41) is 0. The first-order valence-electron chi connectivity index (χ1n) is 6.75. The molecule has 1 aliphatic carbocycles. The van der Waals surface area contributed by atoms with Crippen LogP contribution in [0, 0.1) is 13.8 Å². The Balaban J connectivity index is 2.37. The first-order valence-corrected chi connectivity index (χ1v) is 8.19. The van der Waals surface area contributed by atoms with Crippen LogP contribution >= 0.6 is 0 Å². The normalized spacial score (nSPS) is 15.8. The van der Waals surface area contributed by atoms with Gasteiger partial charge in [-0.1, -0.05) is 0 Å². The molecule has 1 fully saturated rings. The van der Waals surface area contributed by atoms with E-state index < -0.39 is 10.0 Å². The van der Waals surface area contributed by atoms with Crippen molar-refractivity contribution in [3.63, 3.8) is 0 Å². The van der Waals surface area contributed by atoms with E-state index in [1.807, 2.05) is 13.8 Å². The molecule has 0 aliphatic heterocycles. The minimum atomic E-state index is -3.50. The summed E-state index contributed by atoms with van der Waals surface area (Å²) in [6.07, 6.45) is 1.84. The summed E-state index contributed by atoms with van der Waals surface area (Å²) in [5.41, 5.74) is 8.25. The predicted molar refractivity (Wildman–Crippen MR) is 79.1 cm³/mol. The Hall–Kier alpha value is -1.11. The number of aryl methyl sites for hydroxylation is 1. The van der Waals surface area contributed by atoms with Crippen molar-refractivity contribution >= 4 is 15.7 Å². The summed E-state index contributed by atoms with van der Waals surface area (Å²) in [4.78, 5) is 0.279. The minimum absolute atomic E-state index is 0.109. The fourth-order valence-electron chi connectivity index (χ4n) is 2.18. The second-order valence-corrected chi connectivity index (χ2v) is 7.18. The highest BCUT2D eigenvalue weighted by molar-refractivity contribution is 7.89. The van der Waals surface area contributed by atoms with Crippen LogP contribution in [0.1, 0.15) is 24.0 Å². The SMILES string of the molecule is COCCN(C1CC1)S(=O)(=O)c1cc(C)c(C)c(N)c1. The van der Waals surface area contributed by atoms with Gasteiger partial charge in [0.25, 0.3) is 0 Å². The quantitative estimate of drug-likeness (QED) is 0.811. The first kappa shape index (κ1) is 15.3. The van der Waals surface area contributed by atoms with Crippen molar-refractivity contribution in [2.75, 3.05) is 26.0 Å². The number of nitrogen functional groups attached to an aromatic ring is 1. The van der Waals surface area contributed by atoms with Crippen molar-refractivity contribution in [1.29, 1.82) is 0 Å². The standard InChI is InChI=1S/C14H22N2O3S/c1-10-8-13(9-14(15)11(10)2)20(17,18)16(6-7-19-3)12-4-5-12/h8-9,12H,4-7,15H2,1-3H3. The number of rotatable bonds is 6. The van der Waals surface area contributed by atoms with Crippen LogP contribution in [0.15, 0.2) is 17.0 Å². The average molecular weight is 298 g/mol. The van der Waals surface area contributed by atoms with Crippen molar-refractivity contribution < 1.29 is 13.2 Å². The van der Waals surface area contributed by atoms with Crippen LogP contribution < -0.4 is 5.73 Å². The molecule has 0 aromatic heterocycles. The lowest BCUT2D eigenvalue weighted by Crippen LogP contribution is -2.36. The maximum atomic E-state index is 12.8. The van der Waals surface area contributed by atoms with Gasteiger partial charge in [0, 0.05) is 25.4 Å². The molecule has 6 heteroatoms. The number of benzene rings is 1. The Morgan fingerprint density at radius 1 is 1.35 bits per heavy atom. The molecule has 1 saturated carbocycles. The van der Waals surface area contributed by atoms with E-state index in [1.54, 1.807) is 23.5 Å². The molecule has 0 bridgehead atoms. The average Bonchev–Trinajstić information content (AvgIpc) is 3.20. The minimum Gasteiger partial charge on any atom is -0.398 e. The molecule has 0 spiro atoms. The van der Waals surface area contributed by atoms with E-state index in [2.05, 4.69) is 0 Å². The molecule has 0 atom stereocenters. The van der Waals surface area contributed by atoms with Crippen LogP contribution in [-0.2, 0) is 14.8 Å². The fourth-order valence-corrected chi connectivity index (χ4v) is 3.97. The highest BCUT2D eigenvalue weighted by atomic mass is 32.2. The van der Waals surface area contributed by atoms with Crippen LogP contribution in [0.25, 0.3) is 0 Å². The molecule has 0 heterocycles. The molecule has 1 aromatic carbocycles. The van der Waals surface area contributed by atoms with Gasteiger partial charge in [-0.15, -0.1) is 0 Å². The Kier molecular flexibility index (Phi) is 4.36. The lowest BCUT2D eigenvalue weighted by molar-refractivity contribution is 0.177. The zero-order valence-electron chi connectivity index (χ0n) is 12.2. The molecule has 1 aliphatic rings.